The lowest BCUT2D eigenvalue weighted by atomic mass is 10.1. The summed E-state index contributed by atoms with van der Waals surface area (Å²) < 4.78 is 31.9. The lowest BCUT2D eigenvalue weighted by molar-refractivity contribution is -0.120. The molecule has 1 fully saturated rings. The van der Waals surface area contributed by atoms with Crippen molar-refractivity contribution in [1.29, 1.82) is 0 Å². The van der Waals surface area contributed by atoms with Gasteiger partial charge in [-0.2, -0.15) is 9.41 Å². The van der Waals surface area contributed by atoms with E-state index < -0.39 is 10.0 Å². The molecule has 27 heavy (non-hydrogen) atoms. The second-order valence-corrected chi connectivity index (χ2v) is 9.00. The summed E-state index contributed by atoms with van der Waals surface area (Å²) in [5.41, 5.74) is 3.88. The number of hydrazone groups is 1. The highest BCUT2D eigenvalue weighted by molar-refractivity contribution is 7.89. The number of ether oxygens (including phenoxy) is 1. The lowest BCUT2D eigenvalue weighted by Gasteiger charge is -2.26. The molecular weight excluding hydrogens is 386 g/mol. The Balaban J connectivity index is 1.64. The Kier molecular flexibility index (Phi) is 6.38. The molecule has 1 N–H and O–H groups in total. The highest BCUT2D eigenvalue weighted by Gasteiger charge is 2.26. The smallest absolute Gasteiger partial charge is 0.245 e. The number of thiophene rings is 1. The van der Waals surface area contributed by atoms with Crippen LogP contribution in [0.25, 0.3) is 0 Å². The van der Waals surface area contributed by atoms with Crippen LogP contribution in [0.4, 0.5) is 0 Å². The number of rotatable bonds is 6. The quantitative estimate of drug-likeness (QED) is 0.585. The molecule has 0 unspecified atom stereocenters. The summed E-state index contributed by atoms with van der Waals surface area (Å²) in [6, 6.07) is 10.3. The first-order chi connectivity index (χ1) is 13.0. The number of nitrogens with zero attached hydrogens (tertiary/aromatic N) is 2. The van der Waals surface area contributed by atoms with Crippen molar-refractivity contribution < 1.29 is 17.9 Å². The minimum absolute atomic E-state index is 0.191. The standard InChI is InChI=1S/C18H21N3O4S2/c1-14(19-20-18(22)13-16-3-2-12-26-16)15-4-6-17(7-5-15)27(23,24)21-8-10-25-11-9-21/h2-7,12H,8-11,13H2,1H3,(H,20,22)/b19-14-. The fourth-order valence-corrected chi connectivity index (χ4v) is 4.74. The summed E-state index contributed by atoms with van der Waals surface area (Å²) in [6.07, 6.45) is 0.283. The number of morpholine rings is 1. The van der Waals surface area contributed by atoms with Gasteiger partial charge in [0.15, 0.2) is 0 Å². The largest absolute Gasteiger partial charge is 0.379 e. The Bertz CT molecular complexity index is 901. The Morgan fingerprint density at radius 3 is 2.56 bits per heavy atom. The number of hydrogen-bond donors (Lipinski definition) is 1. The van der Waals surface area contributed by atoms with Crippen LogP contribution in [0.3, 0.4) is 0 Å². The SMILES string of the molecule is C/C(=N/NC(=O)Cc1cccs1)c1ccc(S(=O)(=O)N2CCOCC2)cc1. The van der Waals surface area contributed by atoms with E-state index in [-0.39, 0.29) is 17.2 Å². The molecule has 3 rings (SSSR count). The first-order valence-electron chi connectivity index (χ1n) is 8.50. The van der Waals surface area contributed by atoms with E-state index in [0.29, 0.717) is 32.0 Å². The zero-order valence-corrected chi connectivity index (χ0v) is 16.6. The molecule has 1 aliphatic rings. The second-order valence-electron chi connectivity index (χ2n) is 6.03. The predicted molar refractivity (Wildman–Crippen MR) is 104 cm³/mol. The van der Waals surface area contributed by atoms with Crippen molar-refractivity contribution in [1.82, 2.24) is 9.73 Å². The summed E-state index contributed by atoms with van der Waals surface area (Å²) in [5.74, 6) is -0.191. The van der Waals surface area contributed by atoms with Crippen molar-refractivity contribution in [3.8, 4) is 0 Å². The maximum Gasteiger partial charge on any atom is 0.245 e. The Morgan fingerprint density at radius 1 is 1.22 bits per heavy atom. The average molecular weight is 408 g/mol. The molecule has 0 atom stereocenters. The number of carbonyl (C=O) groups is 1. The van der Waals surface area contributed by atoms with Gasteiger partial charge >= 0.3 is 0 Å². The Labute approximate surface area is 162 Å². The number of benzene rings is 1. The molecule has 0 saturated carbocycles. The summed E-state index contributed by atoms with van der Waals surface area (Å²) in [7, 11) is -3.51. The molecule has 1 aromatic heterocycles. The molecule has 144 valence electrons. The molecule has 0 aliphatic carbocycles. The average Bonchev–Trinajstić information content (AvgIpc) is 3.20. The zero-order valence-electron chi connectivity index (χ0n) is 14.9. The van der Waals surface area contributed by atoms with Crippen molar-refractivity contribution >= 4 is 33.0 Å². The van der Waals surface area contributed by atoms with Gasteiger partial charge in [-0.3, -0.25) is 4.79 Å². The van der Waals surface area contributed by atoms with E-state index in [0.717, 1.165) is 10.4 Å². The summed E-state index contributed by atoms with van der Waals surface area (Å²) in [5, 5.41) is 6.02. The highest BCUT2D eigenvalue weighted by Crippen LogP contribution is 2.18. The molecule has 0 radical (unpaired) electrons. The van der Waals surface area contributed by atoms with Crippen LogP contribution in [0.15, 0.2) is 51.8 Å². The van der Waals surface area contributed by atoms with Gasteiger partial charge in [0.2, 0.25) is 15.9 Å². The van der Waals surface area contributed by atoms with E-state index in [1.54, 1.807) is 31.2 Å². The third-order valence-electron chi connectivity index (χ3n) is 4.14. The molecule has 9 heteroatoms. The van der Waals surface area contributed by atoms with E-state index in [9.17, 15) is 13.2 Å². The van der Waals surface area contributed by atoms with E-state index in [1.165, 1.54) is 15.6 Å². The molecular formula is C18H21N3O4S2. The van der Waals surface area contributed by atoms with Crippen LogP contribution in [0.1, 0.15) is 17.4 Å². The maximum absolute atomic E-state index is 12.6. The Morgan fingerprint density at radius 2 is 1.93 bits per heavy atom. The third-order valence-corrected chi connectivity index (χ3v) is 6.93. The number of carbonyl (C=O) groups excluding carboxylic acids is 1. The van der Waals surface area contributed by atoms with E-state index in [4.69, 9.17) is 4.74 Å². The molecule has 1 amide bonds. The van der Waals surface area contributed by atoms with Crippen molar-refractivity contribution in [2.24, 2.45) is 5.10 Å². The fourth-order valence-electron chi connectivity index (χ4n) is 2.63. The van der Waals surface area contributed by atoms with Crippen LogP contribution in [0.5, 0.6) is 0 Å². The van der Waals surface area contributed by atoms with Crippen LogP contribution in [-0.4, -0.2) is 50.6 Å². The topological polar surface area (TPSA) is 88.1 Å². The van der Waals surface area contributed by atoms with Crippen molar-refractivity contribution in [2.45, 2.75) is 18.2 Å². The van der Waals surface area contributed by atoms with Crippen LogP contribution in [0.2, 0.25) is 0 Å². The number of sulfonamides is 1. The predicted octanol–water partition coefficient (Wildman–Crippen LogP) is 1.85. The van der Waals surface area contributed by atoms with Gasteiger partial charge in [0.05, 0.1) is 30.2 Å². The van der Waals surface area contributed by atoms with Crippen LogP contribution in [0, 0.1) is 0 Å². The first-order valence-corrected chi connectivity index (χ1v) is 10.8. The number of hydrogen-bond acceptors (Lipinski definition) is 6. The zero-order chi connectivity index (χ0) is 19.3. The molecule has 7 nitrogen and oxygen atoms in total. The van der Waals surface area contributed by atoms with Crippen molar-refractivity contribution in [2.75, 3.05) is 26.3 Å². The summed E-state index contributed by atoms with van der Waals surface area (Å²) in [4.78, 5) is 13.1. The fraction of sp³-hybridized carbons (Fsp3) is 0.333. The van der Waals surface area contributed by atoms with Crippen molar-refractivity contribution in [3.63, 3.8) is 0 Å². The van der Waals surface area contributed by atoms with Gasteiger partial charge in [-0.25, -0.2) is 13.8 Å². The minimum atomic E-state index is -3.51. The number of nitrogens with one attached hydrogen (secondary N) is 1. The monoisotopic (exact) mass is 407 g/mol. The van der Waals surface area contributed by atoms with Gasteiger partial charge < -0.3 is 4.74 Å². The van der Waals surface area contributed by atoms with Gasteiger partial charge in [0, 0.05) is 18.0 Å². The number of amides is 1. The van der Waals surface area contributed by atoms with Crippen LogP contribution in [-0.2, 0) is 26.0 Å². The van der Waals surface area contributed by atoms with Gasteiger partial charge in [0.1, 0.15) is 0 Å². The lowest BCUT2D eigenvalue weighted by Crippen LogP contribution is -2.40. The van der Waals surface area contributed by atoms with E-state index in [1.807, 2.05) is 17.5 Å². The normalized spacial score (nSPS) is 16.3. The molecule has 2 heterocycles. The highest BCUT2D eigenvalue weighted by atomic mass is 32.2. The summed E-state index contributed by atoms with van der Waals surface area (Å²) in [6.45, 7) is 3.31. The van der Waals surface area contributed by atoms with Gasteiger partial charge in [-0.1, -0.05) is 18.2 Å². The maximum atomic E-state index is 12.6. The third kappa shape index (κ3) is 5.01. The molecule has 2 aromatic rings. The van der Waals surface area contributed by atoms with Gasteiger partial charge in [-0.05, 0) is 36.1 Å². The van der Waals surface area contributed by atoms with Gasteiger partial charge in [-0.15, -0.1) is 11.3 Å². The second kappa shape index (κ2) is 8.75. The molecule has 0 spiro atoms. The summed E-state index contributed by atoms with van der Waals surface area (Å²) >= 11 is 1.52. The van der Waals surface area contributed by atoms with Gasteiger partial charge in [0.25, 0.3) is 0 Å². The van der Waals surface area contributed by atoms with E-state index >= 15 is 0 Å². The molecule has 1 aliphatic heterocycles. The van der Waals surface area contributed by atoms with Crippen molar-refractivity contribution in [3.05, 3.63) is 52.2 Å². The van der Waals surface area contributed by atoms with Crippen LogP contribution < -0.4 is 5.43 Å². The molecule has 0 bridgehead atoms. The minimum Gasteiger partial charge on any atom is -0.379 e. The molecule has 1 saturated heterocycles. The Hall–Kier alpha value is -2.07. The van der Waals surface area contributed by atoms with E-state index in [2.05, 4.69) is 10.5 Å². The van der Waals surface area contributed by atoms with Crippen LogP contribution >= 0.6 is 11.3 Å². The molecule has 1 aromatic carbocycles. The first kappa shape index (κ1) is 19.7.